The van der Waals surface area contributed by atoms with Crippen molar-refractivity contribution in [3.05, 3.63) is 97.4 Å². The molecular weight excluding hydrogens is 470 g/mol. The quantitative estimate of drug-likeness (QED) is 0.563. The molecule has 0 saturated heterocycles. The van der Waals surface area contributed by atoms with Gasteiger partial charge in [-0.05, 0) is 36.4 Å². The Hall–Kier alpha value is -1.99. The van der Waals surface area contributed by atoms with E-state index in [0.717, 1.165) is 0 Å². The molecule has 28 heavy (non-hydrogen) atoms. The molecule has 0 spiro atoms. The van der Waals surface area contributed by atoms with Crippen molar-refractivity contribution in [1.29, 1.82) is 0 Å². The molecule has 4 rings (SSSR count). The van der Waals surface area contributed by atoms with Gasteiger partial charge in [-0.2, -0.15) is 0 Å². The highest BCUT2D eigenvalue weighted by Crippen LogP contribution is 2.45. The molecule has 0 fully saturated rings. The Bertz CT molecular complexity index is 1080. The number of hydrogen-bond acceptors (Lipinski definition) is 3. The highest BCUT2D eigenvalue weighted by molar-refractivity contribution is 9.10. The topological polar surface area (TPSA) is 53.4 Å². The third-order valence-corrected chi connectivity index (χ3v) is 5.56. The average molecular weight is 482 g/mol. The maximum Gasteiger partial charge on any atom is 0.257 e. The fourth-order valence-electron chi connectivity index (χ4n) is 3.35. The molecule has 8 heteroatoms. The van der Waals surface area contributed by atoms with Crippen LogP contribution in [0.15, 0.2) is 59.2 Å². The van der Waals surface area contributed by atoms with Crippen LogP contribution in [0.4, 0.5) is 4.39 Å². The summed E-state index contributed by atoms with van der Waals surface area (Å²) in [6, 6.07) is 12.3. The molecule has 0 saturated carbocycles. The molecule has 1 atom stereocenters. The van der Waals surface area contributed by atoms with Crippen molar-refractivity contribution in [2.75, 3.05) is 0 Å². The lowest BCUT2D eigenvalue weighted by Crippen LogP contribution is -2.44. The molecular formula is C20H12BrCl2FN2O2. The molecule has 2 heterocycles. The number of hydrogen-bond donors (Lipinski definition) is 1. The lowest BCUT2D eigenvalue weighted by molar-refractivity contribution is -0.0567. The second kappa shape index (κ2) is 7.12. The Morgan fingerprint density at radius 3 is 2.43 bits per heavy atom. The van der Waals surface area contributed by atoms with Crippen molar-refractivity contribution in [2.45, 2.75) is 12.3 Å². The normalized spacial score (nSPS) is 18.5. The van der Waals surface area contributed by atoms with Crippen molar-refractivity contribution in [1.82, 2.24) is 9.88 Å². The fourth-order valence-corrected chi connectivity index (χ4v) is 4.02. The SMILES string of the molecule is O=C1c2cc(Br)cc(F)c2C(O)(c2ccc(Cl)cc2)N1Cc1ccc(Cl)cn1. The first-order valence-electron chi connectivity index (χ1n) is 8.21. The Balaban J connectivity index is 1.90. The Morgan fingerprint density at radius 2 is 1.79 bits per heavy atom. The van der Waals surface area contributed by atoms with Gasteiger partial charge < -0.3 is 5.11 Å². The van der Waals surface area contributed by atoms with Gasteiger partial charge in [0.15, 0.2) is 5.72 Å². The molecule has 4 nitrogen and oxygen atoms in total. The largest absolute Gasteiger partial charge is 0.363 e. The number of amides is 1. The van der Waals surface area contributed by atoms with E-state index < -0.39 is 17.4 Å². The number of nitrogens with zero attached hydrogens (tertiary/aromatic N) is 2. The summed E-state index contributed by atoms with van der Waals surface area (Å²) < 4.78 is 15.3. The molecule has 142 valence electrons. The summed E-state index contributed by atoms with van der Waals surface area (Å²) >= 11 is 15.0. The van der Waals surface area contributed by atoms with Crippen molar-refractivity contribution < 1.29 is 14.3 Å². The van der Waals surface area contributed by atoms with Crippen LogP contribution >= 0.6 is 39.1 Å². The third kappa shape index (κ3) is 3.10. The number of aromatic nitrogens is 1. The number of halogens is 4. The van der Waals surface area contributed by atoms with Crippen LogP contribution in [0.2, 0.25) is 10.0 Å². The standard InChI is InChI=1S/C20H12BrCl2FN2O2/c21-12-7-16-18(17(24)8-12)20(28,11-1-3-13(22)4-2-11)26(19(16)27)10-15-6-5-14(23)9-25-15/h1-9,28H,10H2. The predicted molar refractivity (Wildman–Crippen MR) is 108 cm³/mol. The van der Waals surface area contributed by atoms with E-state index in [4.69, 9.17) is 23.2 Å². The van der Waals surface area contributed by atoms with Crippen LogP contribution in [0.25, 0.3) is 0 Å². The monoisotopic (exact) mass is 480 g/mol. The predicted octanol–water partition coefficient (Wildman–Crippen LogP) is 5.14. The first-order valence-corrected chi connectivity index (χ1v) is 9.76. The van der Waals surface area contributed by atoms with E-state index >= 15 is 0 Å². The molecule has 1 aromatic heterocycles. The van der Waals surface area contributed by atoms with Crippen LogP contribution in [-0.4, -0.2) is 20.9 Å². The summed E-state index contributed by atoms with van der Waals surface area (Å²) in [5, 5.41) is 12.6. The number of aliphatic hydroxyl groups is 1. The Labute approximate surface area is 178 Å². The minimum absolute atomic E-state index is 0.0408. The molecule has 1 aliphatic rings. The average Bonchev–Trinajstić information content (AvgIpc) is 2.86. The minimum Gasteiger partial charge on any atom is -0.363 e. The first-order chi connectivity index (χ1) is 13.3. The number of carbonyl (C=O) groups excluding carboxylic acids is 1. The summed E-state index contributed by atoms with van der Waals surface area (Å²) in [5.41, 5.74) is -1.21. The highest BCUT2D eigenvalue weighted by Gasteiger charge is 2.52. The number of carbonyl (C=O) groups is 1. The third-order valence-electron chi connectivity index (χ3n) is 4.63. The summed E-state index contributed by atoms with van der Waals surface area (Å²) in [5.74, 6) is -1.20. The zero-order valence-electron chi connectivity index (χ0n) is 14.2. The van der Waals surface area contributed by atoms with Gasteiger partial charge in [-0.3, -0.25) is 14.7 Å². The molecule has 1 unspecified atom stereocenters. The first kappa shape index (κ1) is 19.3. The minimum atomic E-state index is -2.01. The zero-order chi connectivity index (χ0) is 20.1. The van der Waals surface area contributed by atoms with Crippen LogP contribution in [-0.2, 0) is 12.3 Å². The lowest BCUT2D eigenvalue weighted by Gasteiger charge is -2.34. The fraction of sp³-hybridized carbons (Fsp3) is 0.100. The molecule has 1 aliphatic heterocycles. The van der Waals surface area contributed by atoms with E-state index in [1.807, 2.05) is 0 Å². The Morgan fingerprint density at radius 1 is 1.11 bits per heavy atom. The van der Waals surface area contributed by atoms with Gasteiger partial charge in [0.1, 0.15) is 5.82 Å². The number of pyridine rings is 1. The maximum atomic E-state index is 14.9. The van der Waals surface area contributed by atoms with E-state index in [1.165, 1.54) is 23.2 Å². The van der Waals surface area contributed by atoms with Gasteiger partial charge in [0.05, 0.1) is 28.4 Å². The van der Waals surface area contributed by atoms with Gasteiger partial charge in [0.2, 0.25) is 0 Å². The van der Waals surface area contributed by atoms with Crippen molar-refractivity contribution in [2.24, 2.45) is 0 Å². The van der Waals surface area contributed by atoms with Crippen LogP contribution in [0.1, 0.15) is 27.2 Å². The molecule has 0 aliphatic carbocycles. The van der Waals surface area contributed by atoms with E-state index in [-0.39, 0.29) is 17.7 Å². The van der Waals surface area contributed by atoms with Gasteiger partial charge in [0.25, 0.3) is 5.91 Å². The summed E-state index contributed by atoms with van der Waals surface area (Å²) in [6.07, 6.45) is 1.45. The molecule has 1 N–H and O–H groups in total. The van der Waals surface area contributed by atoms with Crippen LogP contribution < -0.4 is 0 Å². The van der Waals surface area contributed by atoms with E-state index in [9.17, 15) is 14.3 Å². The van der Waals surface area contributed by atoms with Crippen molar-refractivity contribution in [3.63, 3.8) is 0 Å². The molecule has 3 aromatic rings. The van der Waals surface area contributed by atoms with Crippen molar-refractivity contribution in [3.8, 4) is 0 Å². The van der Waals surface area contributed by atoms with Crippen LogP contribution in [0.3, 0.4) is 0 Å². The van der Waals surface area contributed by atoms with Gasteiger partial charge in [-0.15, -0.1) is 0 Å². The van der Waals surface area contributed by atoms with E-state index in [0.29, 0.717) is 25.8 Å². The van der Waals surface area contributed by atoms with Gasteiger partial charge in [-0.25, -0.2) is 4.39 Å². The molecule has 0 bridgehead atoms. The number of fused-ring (bicyclic) bond motifs is 1. The van der Waals surface area contributed by atoms with E-state index in [2.05, 4.69) is 20.9 Å². The van der Waals surface area contributed by atoms with Gasteiger partial charge in [0, 0.05) is 21.3 Å². The summed E-state index contributed by atoms with van der Waals surface area (Å²) in [4.78, 5) is 18.5. The molecule has 0 radical (unpaired) electrons. The second-order valence-corrected chi connectivity index (χ2v) is 8.14. The molecule has 1 amide bonds. The Kier molecular flexibility index (Phi) is 4.91. The zero-order valence-corrected chi connectivity index (χ0v) is 17.3. The number of rotatable bonds is 3. The smallest absolute Gasteiger partial charge is 0.257 e. The van der Waals surface area contributed by atoms with Gasteiger partial charge in [-0.1, -0.05) is 51.3 Å². The van der Waals surface area contributed by atoms with Crippen LogP contribution in [0.5, 0.6) is 0 Å². The number of benzene rings is 2. The van der Waals surface area contributed by atoms with Gasteiger partial charge >= 0.3 is 0 Å². The van der Waals surface area contributed by atoms with E-state index in [1.54, 1.807) is 36.4 Å². The maximum absolute atomic E-state index is 14.9. The van der Waals surface area contributed by atoms with Crippen molar-refractivity contribution >= 4 is 45.0 Å². The second-order valence-electron chi connectivity index (χ2n) is 6.35. The highest BCUT2D eigenvalue weighted by atomic mass is 79.9. The lowest BCUT2D eigenvalue weighted by atomic mass is 9.93. The summed E-state index contributed by atoms with van der Waals surface area (Å²) in [6.45, 7) is -0.0408. The summed E-state index contributed by atoms with van der Waals surface area (Å²) in [7, 11) is 0. The van der Waals surface area contributed by atoms with Crippen LogP contribution in [0, 0.1) is 5.82 Å². The molecule has 2 aromatic carbocycles.